The standard InChI is InChI=1S/C23H27N3O3S/c1-13-8-9-16-19(10-13)30-23-20(16)22(27)24-21(25-23)14(2)26(3)11-15-12-28-17-6-4-5-7-18(17)29-15/h4-7,13-15H,8-12H2,1-3H3,(H,24,25,27)/p+1/t13-,14+,15+/m0/s1. The lowest BCUT2D eigenvalue weighted by atomic mass is 9.89. The number of hydrogen-bond donors (Lipinski definition) is 2. The van der Waals surface area contributed by atoms with Gasteiger partial charge in [0.25, 0.3) is 5.56 Å². The summed E-state index contributed by atoms with van der Waals surface area (Å²) in [5.41, 5.74) is 1.24. The number of hydrogen-bond acceptors (Lipinski definition) is 5. The van der Waals surface area contributed by atoms with E-state index in [1.807, 2.05) is 24.3 Å². The number of ether oxygens (including phenoxy) is 2. The van der Waals surface area contributed by atoms with E-state index in [1.165, 1.54) is 15.3 Å². The molecule has 2 N–H and O–H groups in total. The lowest BCUT2D eigenvalue weighted by Gasteiger charge is -2.29. The molecule has 0 bridgehead atoms. The molecule has 1 aromatic carbocycles. The molecule has 7 heteroatoms. The van der Waals surface area contributed by atoms with Crippen molar-refractivity contribution in [1.82, 2.24) is 9.97 Å². The maximum atomic E-state index is 12.9. The summed E-state index contributed by atoms with van der Waals surface area (Å²) < 4.78 is 12.0. The predicted octanol–water partition coefficient (Wildman–Crippen LogP) is 2.53. The van der Waals surface area contributed by atoms with E-state index in [2.05, 4.69) is 25.9 Å². The van der Waals surface area contributed by atoms with Gasteiger partial charge in [0.1, 0.15) is 24.0 Å². The summed E-state index contributed by atoms with van der Waals surface area (Å²) in [6, 6.07) is 7.81. The molecule has 2 aliphatic rings. The van der Waals surface area contributed by atoms with E-state index in [0.29, 0.717) is 12.5 Å². The maximum absolute atomic E-state index is 12.9. The van der Waals surface area contributed by atoms with Crippen molar-refractivity contribution >= 4 is 21.6 Å². The molecule has 0 spiro atoms. The van der Waals surface area contributed by atoms with E-state index in [1.54, 1.807) is 11.3 Å². The number of H-pyrrole nitrogens is 1. The van der Waals surface area contributed by atoms with Gasteiger partial charge in [0.15, 0.2) is 23.4 Å². The number of nitrogens with zero attached hydrogens (tertiary/aromatic N) is 1. The van der Waals surface area contributed by atoms with Crippen molar-refractivity contribution in [2.75, 3.05) is 20.2 Å². The Labute approximate surface area is 179 Å². The summed E-state index contributed by atoms with van der Waals surface area (Å²) in [4.78, 5) is 24.3. The Kier molecular flexibility index (Phi) is 5.03. The second kappa shape index (κ2) is 7.71. The highest BCUT2D eigenvalue weighted by atomic mass is 32.1. The van der Waals surface area contributed by atoms with Crippen LogP contribution in [0.3, 0.4) is 0 Å². The molecule has 5 rings (SSSR count). The molecule has 2 aromatic heterocycles. The third-order valence-corrected chi connectivity index (χ3v) is 7.60. The fourth-order valence-electron chi connectivity index (χ4n) is 4.50. The first-order valence-electron chi connectivity index (χ1n) is 10.7. The Balaban J connectivity index is 1.35. The van der Waals surface area contributed by atoms with E-state index < -0.39 is 0 Å². The van der Waals surface area contributed by atoms with Crippen molar-refractivity contribution in [3.8, 4) is 11.5 Å². The number of quaternary nitrogens is 1. The van der Waals surface area contributed by atoms with Crippen LogP contribution >= 0.6 is 11.3 Å². The first-order chi connectivity index (χ1) is 14.5. The number of thiophene rings is 1. The molecule has 0 saturated carbocycles. The van der Waals surface area contributed by atoms with Crippen LogP contribution in [-0.4, -0.2) is 36.3 Å². The van der Waals surface area contributed by atoms with Crippen molar-refractivity contribution in [3.05, 3.63) is 50.9 Å². The van der Waals surface area contributed by atoms with Crippen LogP contribution in [0, 0.1) is 5.92 Å². The van der Waals surface area contributed by atoms with E-state index in [9.17, 15) is 4.79 Å². The summed E-state index contributed by atoms with van der Waals surface area (Å²) in [7, 11) is 2.11. The molecule has 158 valence electrons. The van der Waals surface area contributed by atoms with Gasteiger partial charge in [-0.15, -0.1) is 11.3 Å². The van der Waals surface area contributed by atoms with Gasteiger partial charge in [-0.25, -0.2) is 4.98 Å². The van der Waals surface area contributed by atoms with Gasteiger partial charge >= 0.3 is 0 Å². The fourth-order valence-corrected chi connectivity index (χ4v) is 5.89. The molecule has 4 atom stereocenters. The summed E-state index contributed by atoms with van der Waals surface area (Å²) in [5, 5.41) is 0.816. The second-order valence-electron chi connectivity index (χ2n) is 8.75. The molecule has 0 fully saturated rings. The van der Waals surface area contributed by atoms with E-state index >= 15 is 0 Å². The van der Waals surface area contributed by atoms with Gasteiger partial charge in [-0.2, -0.15) is 0 Å². The van der Waals surface area contributed by atoms with Gasteiger partial charge in [-0.3, -0.25) is 4.79 Å². The third kappa shape index (κ3) is 3.50. The summed E-state index contributed by atoms with van der Waals surface area (Å²) in [6.07, 6.45) is 3.16. The van der Waals surface area contributed by atoms with Crippen LogP contribution in [0.1, 0.15) is 42.6 Å². The lowest BCUT2D eigenvalue weighted by molar-refractivity contribution is -0.913. The monoisotopic (exact) mass is 426 g/mol. The summed E-state index contributed by atoms with van der Waals surface area (Å²) in [6.45, 7) is 5.68. The number of aromatic amines is 1. The predicted molar refractivity (Wildman–Crippen MR) is 118 cm³/mol. The quantitative estimate of drug-likeness (QED) is 0.673. The maximum Gasteiger partial charge on any atom is 0.260 e. The SMILES string of the molecule is C[C@H]1CCc2c(sc3nc([C@@H](C)[NH+](C)C[C@@H]4COc5ccccc5O4)[nH]c(=O)c23)C1. The number of para-hydroxylation sites is 2. The molecule has 3 heterocycles. The van der Waals surface area contributed by atoms with Crippen LogP contribution in [0.25, 0.3) is 10.2 Å². The number of aryl methyl sites for hydroxylation is 1. The number of benzene rings is 1. The van der Waals surface area contributed by atoms with Crippen LogP contribution in [-0.2, 0) is 12.8 Å². The normalized spacial score (nSPS) is 22.5. The third-order valence-electron chi connectivity index (χ3n) is 6.45. The highest BCUT2D eigenvalue weighted by molar-refractivity contribution is 7.18. The molecule has 1 aliphatic carbocycles. The van der Waals surface area contributed by atoms with E-state index in [4.69, 9.17) is 14.5 Å². The second-order valence-corrected chi connectivity index (χ2v) is 9.84. The molecular weight excluding hydrogens is 398 g/mol. The van der Waals surface area contributed by atoms with Crippen molar-refractivity contribution in [3.63, 3.8) is 0 Å². The van der Waals surface area contributed by atoms with Gasteiger partial charge in [0.05, 0.1) is 12.4 Å². The lowest BCUT2D eigenvalue weighted by Crippen LogP contribution is -3.10. The van der Waals surface area contributed by atoms with Crippen molar-refractivity contribution in [2.45, 2.75) is 45.3 Å². The van der Waals surface area contributed by atoms with Gasteiger partial charge < -0.3 is 19.4 Å². The zero-order valence-corrected chi connectivity index (χ0v) is 18.5. The molecule has 0 saturated heterocycles. The molecule has 1 unspecified atom stereocenters. The van der Waals surface area contributed by atoms with Crippen molar-refractivity contribution in [2.24, 2.45) is 5.92 Å². The van der Waals surface area contributed by atoms with Crippen LogP contribution in [0.2, 0.25) is 0 Å². The largest absolute Gasteiger partial charge is 0.486 e. The first kappa shape index (κ1) is 19.6. The molecule has 1 aliphatic heterocycles. The van der Waals surface area contributed by atoms with Crippen LogP contribution in [0.5, 0.6) is 11.5 Å². The van der Waals surface area contributed by atoms with E-state index in [0.717, 1.165) is 53.3 Å². The number of nitrogens with one attached hydrogen (secondary N) is 2. The Bertz CT molecular complexity index is 1140. The summed E-state index contributed by atoms with van der Waals surface area (Å²) in [5.74, 6) is 3.02. The summed E-state index contributed by atoms with van der Waals surface area (Å²) >= 11 is 1.70. The van der Waals surface area contributed by atoms with Crippen LogP contribution in [0.4, 0.5) is 0 Å². The average molecular weight is 427 g/mol. The van der Waals surface area contributed by atoms with Gasteiger partial charge in [-0.1, -0.05) is 19.1 Å². The number of rotatable bonds is 4. The number of aromatic nitrogens is 2. The minimum Gasteiger partial charge on any atom is -0.486 e. The van der Waals surface area contributed by atoms with Gasteiger partial charge in [0, 0.05) is 4.88 Å². The zero-order chi connectivity index (χ0) is 20.8. The Morgan fingerprint density at radius 1 is 1.33 bits per heavy atom. The zero-order valence-electron chi connectivity index (χ0n) is 17.7. The number of likely N-dealkylation sites (N-methyl/N-ethyl adjacent to an activating group) is 1. The van der Waals surface area contributed by atoms with Crippen LogP contribution in [0.15, 0.2) is 29.1 Å². The average Bonchev–Trinajstić information content (AvgIpc) is 3.10. The molecule has 6 nitrogen and oxygen atoms in total. The Morgan fingerprint density at radius 3 is 2.97 bits per heavy atom. The Morgan fingerprint density at radius 2 is 2.13 bits per heavy atom. The number of fused-ring (bicyclic) bond motifs is 4. The highest BCUT2D eigenvalue weighted by Crippen LogP contribution is 2.35. The van der Waals surface area contributed by atoms with Gasteiger partial charge in [-0.05, 0) is 49.8 Å². The smallest absolute Gasteiger partial charge is 0.260 e. The first-order valence-corrected chi connectivity index (χ1v) is 11.6. The minimum absolute atomic E-state index is 0.00730. The van der Waals surface area contributed by atoms with E-state index in [-0.39, 0.29) is 17.7 Å². The molecule has 3 aromatic rings. The molecule has 30 heavy (non-hydrogen) atoms. The topological polar surface area (TPSA) is 68.7 Å². The van der Waals surface area contributed by atoms with Crippen molar-refractivity contribution in [1.29, 1.82) is 0 Å². The molecule has 0 radical (unpaired) electrons. The fraction of sp³-hybridized carbons (Fsp3) is 0.478. The highest BCUT2D eigenvalue weighted by Gasteiger charge is 2.29. The molecule has 0 amide bonds. The van der Waals surface area contributed by atoms with Crippen LogP contribution < -0.4 is 19.9 Å². The molecular formula is C23H28N3O3S+. The Hall–Kier alpha value is -2.38. The van der Waals surface area contributed by atoms with Crippen molar-refractivity contribution < 1.29 is 14.4 Å². The minimum atomic E-state index is -0.0339. The van der Waals surface area contributed by atoms with Gasteiger partial charge in [0.2, 0.25) is 0 Å².